The van der Waals surface area contributed by atoms with Gasteiger partial charge >= 0.3 is 0 Å². The number of rotatable bonds is 10. The molecule has 2 aromatic carbocycles. The zero-order chi connectivity index (χ0) is 28.2. The van der Waals surface area contributed by atoms with E-state index in [0.717, 1.165) is 22.9 Å². The van der Waals surface area contributed by atoms with E-state index < -0.39 is 10.0 Å². The number of carbonyl (C=O) groups excluding carboxylic acids is 1. The lowest BCUT2D eigenvalue weighted by Gasteiger charge is -2.29. The van der Waals surface area contributed by atoms with Gasteiger partial charge in [-0.2, -0.15) is 0 Å². The molecule has 0 atom stereocenters. The lowest BCUT2D eigenvalue weighted by atomic mass is 9.89. The Kier molecular flexibility index (Phi) is 8.53. The summed E-state index contributed by atoms with van der Waals surface area (Å²) >= 11 is 0. The van der Waals surface area contributed by atoms with Gasteiger partial charge in [-0.3, -0.25) is 9.52 Å². The van der Waals surface area contributed by atoms with Gasteiger partial charge in [0.15, 0.2) is 12.6 Å². The normalized spacial score (nSPS) is 13.8. The number of anilines is 2. The predicted octanol–water partition coefficient (Wildman–Crippen LogP) is 4.01. The van der Waals surface area contributed by atoms with Crippen LogP contribution >= 0.6 is 0 Å². The Balaban J connectivity index is 1.55. The second-order valence-corrected chi connectivity index (χ2v) is 12.1. The molecule has 11 heteroatoms. The minimum Gasteiger partial charge on any atom is -0.465 e. The van der Waals surface area contributed by atoms with Crippen LogP contribution < -0.4 is 14.4 Å². The summed E-state index contributed by atoms with van der Waals surface area (Å²) in [5.41, 5.74) is 4.13. The summed E-state index contributed by atoms with van der Waals surface area (Å²) in [6, 6.07) is 10.5. The van der Waals surface area contributed by atoms with Crippen LogP contribution in [0.1, 0.15) is 42.3 Å². The molecule has 0 bridgehead atoms. The Morgan fingerprint density at radius 1 is 1.05 bits per heavy atom. The van der Waals surface area contributed by atoms with E-state index in [1.165, 1.54) is 0 Å². The summed E-state index contributed by atoms with van der Waals surface area (Å²) in [6.07, 6.45) is 5.36. The fraction of sp³-hybridized carbons (Fsp3) is 0.393. The van der Waals surface area contributed by atoms with Crippen molar-refractivity contribution in [2.75, 3.05) is 49.5 Å². The van der Waals surface area contributed by atoms with Gasteiger partial charge in [0.2, 0.25) is 10.0 Å². The van der Waals surface area contributed by atoms with Crippen LogP contribution in [0.25, 0.3) is 11.4 Å². The number of hydrogen-bond acceptors (Lipinski definition) is 8. The molecule has 4 rings (SSSR count). The molecule has 0 fully saturated rings. The Morgan fingerprint density at radius 3 is 2.46 bits per heavy atom. The fourth-order valence-electron chi connectivity index (χ4n) is 4.14. The van der Waals surface area contributed by atoms with Gasteiger partial charge in [0, 0.05) is 42.9 Å². The molecule has 10 nitrogen and oxygen atoms in total. The number of nitrogens with zero attached hydrogens (tertiary/aromatic N) is 3. The third kappa shape index (κ3) is 7.11. The average molecular weight is 555 g/mol. The number of nitrogens with one attached hydrogen (secondary N) is 1. The Labute approximate surface area is 229 Å². The van der Waals surface area contributed by atoms with E-state index in [1.54, 1.807) is 36.3 Å². The van der Waals surface area contributed by atoms with Crippen LogP contribution in [0.5, 0.6) is 5.75 Å². The van der Waals surface area contributed by atoms with E-state index >= 15 is 0 Å². The van der Waals surface area contributed by atoms with Crippen molar-refractivity contribution in [1.29, 1.82) is 0 Å². The molecule has 0 unspecified atom stereocenters. The monoisotopic (exact) mass is 554 g/mol. The van der Waals surface area contributed by atoms with Crippen LogP contribution in [0, 0.1) is 0 Å². The molecule has 0 saturated carbocycles. The number of ether oxygens (including phenoxy) is 3. The molecule has 208 valence electrons. The molecule has 0 saturated heterocycles. The minimum atomic E-state index is -3.60. The number of amides is 1. The van der Waals surface area contributed by atoms with E-state index in [1.807, 2.05) is 24.5 Å². The molecule has 0 spiro atoms. The average Bonchev–Trinajstić information content (AvgIpc) is 2.88. The van der Waals surface area contributed by atoms with E-state index in [9.17, 15) is 13.2 Å². The van der Waals surface area contributed by atoms with Gasteiger partial charge in [-0.15, -0.1) is 0 Å². The number of aromatic nitrogens is 2. The number of sulfonamides is 1. The number of fused-ring (bicyclic) bond motifs is 1. The van der Waals surface area contributed by atoms with Gasteiger partial charge in [0.05, 0.1) is 25.2 Å². The summed E-state index contributed by atoms with van der Waals surface area (Å²) in [5.74, 6) is 0.723. The first-order valence-corrected chi connectivity index (χ1v) is 14.4. The highest BCUT2D eigenvalue weighted by Gasteiger charge is 2.27. The maximum atomic E-state index is 13.5. The molecule has 2 heterocycles. The summed E-state index contributed by atoms with van der Waals surface area (Å²) in [5, 5.41) is 0. The molecular weight excluding hydrogens is 520 g/mol. The Morgan fingerprint density at radius 2 is 1.79 bits per heavy atom. The van der Waals surface area contributed by atoms with E-state index in [0.29, 0.717) is 43.3 Å². The third-order valence-electron chi connectivity index (χ3n) is 6.26. The van der Waals surface area contributed by atoms with E-state index in [4.69, 9.17) is 14.2 Å². The van der Waals surface area contributed by atoms with Crippen molar-refractivity contribution in [1.82, 2.24) is 9.97 Å². The zero-order valence-electron chi connectivity index (χ0n) is 22.9. The Hall–Kier alpha value is -3.54. The standard InChI is InChI=1S/C28H34N4O6S/c1-28(2,3)21-16-29-26(30-17-21)20-6-8-23-19(14-20)10-11-32(27(23)33)22-7-9-25(38-18-37-13-12-36-4)24(15-22)31-39(5,34)35/h6-9,14-17,31H,10-13,18H2,1-5H3. The maximum Gasteiger partial charge on any atom is 0.258 e. The van der Waals surface area contributed by atoms with Crippen molar-refractivity contribution >= 4 is 27.3 Å². The first kappa shape index (κ1) is 28.5. The van der Waals surface area contributed by atoms with Crippen LogP contribution in [0.2, 0.25) is 0 Å². The highest BCUT2D eigenvalue weighted by atomic mass is 32.2. The van der Waals surface area contributed by atoms with Crippen molar-refractivity contribution in [2.24, 2.45) is 0 Å². The van der Waals surface area contributed by atoms with Crippen LogP contribution in [0.4, 0.5) is 11.4 Å². The van der Waals surface area contributed by atoms with Crippen molar-refractivity contribution < 1.29 is 27.4 Å². The van der Waals surface area contributed by atoms with E-state index in [2.05, 4.69) is 35.5 Å². The molecule has 0 radical (unpaired) electrons. The van der Waals surface area contributed by atoms with E-state index in [-0.39, 0.29) is 29.6 Å². The minimum absolute atomic E-state index is 0.0386. The largest absolute Gasteiger partial charge is 0.465 e. The third-order valence-corrected chi connectivity index (χ3v) is 6.85. The number of benzene rings is 2. The van der Waals surface area contributed by atoms with Gasteiger partial charge < -0.3 is 19.1 Å². The number of carbonyl (C=O) groups is 1. The van der Waals surface area contributed by atoms with Crippen molar-refractivity contribution in [3.05, 3.63) is 65.5 Å². The van der Waals surface area contributed by atoms with Crippen LogP contribution in [0.3, 0.4) is 0 Å². The number of methoxy groups -OCH3 is 1. The van der Waals surface area contributed by atoms with Crippen molar-refractivity contribution in [2.45, 2.75) is 32.6 Å². The van der Waals surface area contributed by atoms with Crippen molar-refractivity contribution in [3.8, 4) is 17.1 Å². The molecular formula is C28H34N4O6S. The lowest BCUT2D eigenvalue weighted by molar-refractivity contribution is -0.00813. The fourth-order valence-corrected chi connectivity index (χ4v) is 4.69. The summed E-state index contributed by atoms with van der Waals surface area (Å²) in [4.78, 5) is 24.2. The predicted molar refractivity (Wildman–Crippen MR) is 150 cm³/mol. The highest BCUT2D eigenvalue weighted by molar-refractivity contribution is 7.92. The number of hydrogen-bond donors (Lipinski definition) is 1. The molecule has 1 amide bonds. The summed E-state index contributed by atoms with van der Waals surface area (Å²) in [6.45, 7) is 7.43. The Bertz CT molecular complexity index is 1440. The highest BCUT2D eigenvalue weighted by Crippen LogP contribution is 2.34. The van der Waals surface area contributed by atoms with Gasteiger partial charge in [-0.25, -0.2) is 18.4 Å². The first-order chi connectivity index (χ1) is 18.5. The van der Waals surface area contributed by atoms with Crippen LogP contribution in [-0.4, -0.2) is 64.2 Å². The summed E-state index contributed by atoms with van der Waals surface area (Å²) in [7, 11) is -2.03. The van der Waals surface area contributed by atoms with Gasteiger partial charge in [0.25, 0.3) is 5.91 Å². The van der Waals surface area contributed by atoms with Gasteiger partial charge in [-0.05, 0) is 53.3 Å². The molecule has 1 aliphatic heterocycles. The topological polar surface area (TPSA) is 120 Å². The molecule has 39 heavy (non-hydrogen) atoms. The van der Waals surface area contributed by atoms with Crippen molar-refractivity contribution in [3.63, 3.8) is 0 Å². The quantitative estimate of drug-likeness (QED) is 0.295. The molecule has 3 aromatic rings. The molecule has 1 N–H and O–H groups in total. The van der Waals surface area contributed by atoms with Gasteiger partial charge in [0.1, 0.15) is 5.75 Å². The molecule has 1 aliphatic rings. The van der Waals surface area contributed by atoms with Crippen LogP contribution in [-0.2, 0) is 31.3 Å². The molecule has 1 aromatic heterocycles. The summed E-state index contributed by atoms with van der Waals surface area (Å²) < 4.78 is 42.3. The zero-order valence-corrected chi connectivity index (χ0v) is 23.7. The second-order valence-electron chi connectivity index (χ2n) is 10.3. The van der Waals surface area contributed by atoms with Crippen LogP contribution in [0.15, 0.2) is 48.8 Å². The smallest absolute Gasteiger partial charge is 0.258 e. The maximum absolute atomic E-state index is 13.5. The first-order valence-electron chi connectivity index (χ1n) is 12.6. The SMILES string of the molecule is COCCOCOc1ccc(N2CCc3cc(-c4ncc(C(C)(C)C)cn4)ccc3C2=O)cc1NS(C)(=O)=O. The second kappa shape index (κ2) is 11.7. The van der Waals surface area contributed by atoms with Gasteiger partial charge in [-0.1, -0.05) is 26.8 Å². The lowest BCUT2D eigenvalue weighted by Crippen LogP contribution is -2.37. The molecule has 0 aliphatic carbocycles.